The van der Waals surface area contributed by atoms with Crippen molar-refractivity contribution in [2.45, 2.75) is 65.8 Å². The lowest BCUT2D eigenvalue weighted by atomic mass is 9.82. The van der Waals surface area contributed by atoms with E-state index in [-0.39, 0.29) is 23.7 Å². The van der Waals surface area contributed by atoms with Gasteiger partial charge in [0.1, 0.15) is 6.04 Å². The minimum absolute atomic E-state index is 0.0386. The Hall–Kier alpha value is -1.14. The second-order valence-corrected chi connectivity index (χ2v) is 9.11. The van der Waals surface area contributed by atoms with Gasteiger partial charge < -0.3 is 20.4 Å². The number of amides is 2. The second-order valence-electron chi connectivity index (χ2n) is 9.11. The molecule has 2 amide bonds. The molecule has 1 aliphatic carbocycles. The Labute approximate surface area is 171 Å². The molecule has 1 saturated heterocycles. The number of piperazine rings is 1. The van der Waals surface area contributed by atoms with Crippen molar-refractivity contribution in [1.29, 1.82) is 0 Å². The zero-order chi connectivity index (χ0) is 20.5. The van der Waals surface area contributed by atoms with Crippen LogP contribution in [-0.4, -0.2) is 73.5 Å². The van der Waals surface area contributed by atoms with Crippen LogP contribution in [0.5, 0.6) is 0 Å². The fourth-order valence-electron chi connectivity index (χ4n) is 4.28. The summed E-state index contributed by atoms with van der Waals surface area (Å²) in [6, 6.07) is -0.431. The molecule has 1 saturated carbocycles. The Balaban J connectivity index is 1.68. The molecule has 6 heteroatoms. The molecule has 0 bridgehead atoms. The van der Waals surface area contributed by atoms with Crippen LogP contribution in [0.25, 0.3) is 0 Å². The van der Waals surface area contributed by atoms with Gasteiger partial charge in [0.25, 0.3) is 0 Å². The number of nitrogens with one attached hydrogen (secondary N) is 2. The normalized spacial score (nSPS) is 25.5. The molecule has 162 valence electrons. The summed E-state index contributed by atoms with van der Waals surface area (Å²) in [6.45, 7) is 15.8. The predicted octanol–water partition coefficient (Wildman–Crippen LogP) is 2.10. The predicted molar refractivity (Wildman–Crippen MR) is 114 cm³/mol. The highest BCUT2D eigenvalue weighted by molar-refractivity contribution is 5.88. The first-order valence-electron chi connectivity index (χ1n) is 11.4. The van der Waals surface area contributed by atoms with Gasteiger partial charge in [-0.05, 0) is 57.0 Å². The highest BCUT2D eigenvalue weighted by Gasteiger charge is 2.29. The zero-order valence-electron chi connectivity index (χ0n) is 18.5. The monoisotopic (exact) mass is 394 g/mol. The number of rotatable bonds is 9. The number of carbonyl (C=O) groups is 2. The summed E-state index contributed by atoms with van der Waals surface area (Å²) >= 11 is 0. The topological polar surface area (TPSA) is 64.7 Å². The van der Waals surface area contributed by atoms with E-state index in [1.807, 2.05) is 13.8 Å². The van der Waals surface area contributed by atoms with Gasteiger partial charge in [-0.25, -0.2) is 0 Å². The minimum atomic E-state index is -0.431. The van der Waals surface area contributed by atoms with E-state index < -0.39 is 6.04 Å². The largest absolute Gasteiger partial charge is 0.354 e. The van der Waals surface area contributed by atoms with E-state index in [0.29, 0.717) is 6.54 Å². The molecule has 0 aromatic carbocycles. The molecule has 0 unspecified atom stereocenters. The molecule has 1 atom stereocenters. The van der Waals surface area contributed by atoms with Crippen molar-refractivity contribution in [1.82, 2.24) is 20.4 Å². The van der Waals surface area contributed by atoms with Gasteiger partial charge in [-0.3, -0.25) is 9.59 Å². The van der Waals surface area contributed by atoms with Crippen LogP contribution in [0.1, 0.15) is 59.8 Å². The highest BCUT2D eigenvalue weighted by atomic mass is 16.2. The van der Waals surface area contributed by atoms with Crippen molar-refractivity contribution < 1.29 is 9.59 Å². The Morgan fingerprint density at radius 2 is 1.61 bits per heavy atom. The summed E-state index contributed by atoms with van der Waals surface area (Å²) in [5, 5.41) is 6.08. The third-order valence-corrected chi connectivity index (χ3v) is 6.50. The molecule has 6 nitrogen and oxygen atoms in total. The Morgan fingerprint density at radius 1 is 1.00 bits per heavy atom. The number of hydrogen-bond donors (Lipinski definition) is 2. The lowest BCUT2D eigenvalue weighted by Gasteiger charge is -2.34. The lowest BCUT2D eigenvalue weighted by Crippen LogP contribution is -2.52. The van der Waals surface area contributed by atoms with E-state index in [9.17, 15) is 9.59 Å². The van der Waals surface area contributed by atoms with E-state index in [0.717, 1.165) is 77.3 Å². The van der Waals surface area contributed by atoms with E-state index in [1.54, 1.807) is 0 Å². The molecule has 1 heterocycles. The van der Waals surface area contributed by atoms with Crippen LogP contribution in [0, 0.1) is 17.8 Å². The SMILES string of the molecule is CCN1CCN(CCCNC(=O)[C@H](NC(=O)C2CCC(C)CC2)C(C)C)CC1. The third kappa shape index (κ3) is 7.36. The van der Waals surface area contributed by atoms with E-state index in [2.05, 4.69) is 34.3 Å². The molecule has 2 N–H and O–H groups in total. The molecule has 0 radical (unpaired) electrons. The molecule has 0 spiro atoms. The van der Waals surface area contributed by atoms with Crippen LogP contribution in [0.4, 0.5) is 0 Å². The number of carbonyl (C=O) groups excluding carboxylic acids is 2. The molecule has 0 aromatic rings. The Bertz CT molecular complexity index is 481. The average Bonchev–Trinajstić information content (AvgIpc) is 2.69. The van der Waals surface area contributed by atoms with Gasteiger partial charge in [-0.2, -0.15) is 0 Å². The van der Waals surface area contributed by atoms with Gasteiger partial charge in [-0.15, -0.1) is 0 Å². The Kier molecular flexibility index (Phi) is 9.72. The van der Waals surface area contributed by atoms with Crippen molar-refractivity contribution in [2.75, 3.05) is 45.8 Å². The van der Waals surface area contributed by atoms with E-state index >= 15 is 0 Å². The van der Waals surface area contributed by atoms with E-state index in [1.165, 1.54) is 0 Å². The fraction of sp³-hybridized carbons (Fsp3) is 0.909. The summed E-state index contributed by atoms with van der Waals surface area (Å²) < 4.78 is 0. The fourth-order valence-corrected chi connectivity index (χ4v) is 4.28. The van der Waals surface area contributed by atoms with E-state index in [4.69, 9.17) is 0 Å². The molecule has 1 aliphatic heterocycles. The lowest BCUT2D eigenvalue weighted by molar-refractivity contribution is -0.132. The van der Waals surface area contributed by atoms with Gasteiger partial charge >= 0.3 is 0 Å². The molecular weight excluding hydrogens is 352 g/mol. The van der Waals surface area contributed by atoms with Crippen molar-refractivity contribution >= 4 is 11.8 Å². The van der Waals surface area contributed by atoms with Crippen LogP contribution in [0.3, 0.4) is 0 Å². The first-order chi connectivity index (χ1) is 13.4. The number of hydrogen-bond acceptors (Lipinski definition) is 4. The minimum Gasteiger partial charge on any atom is -0.354 e. The van der Waals surface area contributed by atoms with Crippen LogP contribution in [0.2, 0.25) is 0 Å². The first kappa shape index (κ1) is 23.1. The standard InChI is InChI=1S/C22H42N4O2/c1-5-25-13-15-26(16-14-25)12-6-11-23-22(28)20(17(2)3)24-21(27)19-9-7-18(4)8-10-19/h17-20H,5-16H2,1-4H3,(H,23,28)(H,24,27)/t18?,19?,20-/m1/s1. The summed E-state index contributed by atoms with van der Waals surface area (Å²) in [5.74, 6) is 0.914. The molecule has 2 fully saturated rings. The Morgan fingerprint density at radius 3 is 2.18 bits per heavy atom. The quantitative estimate of drug-likeness (QED) is 0.588. The second kappa shape index (κ2) is 11.8. The maximum atomic E-state index is 12.6. The molecule has 28 heavy (non-hydrogen) atoms. The van der Waals surface area contributed by atoms with Crippen molar-refractivity contribution in [3.8, 4) is 0 Å². The van der Waals surface area contributed by atoms with Gasteiger partial charge in [0.2, 0.25) is 11.8 Å². The van der Waals surface area contributed by atoms with Crippen molar-refractivity contribution in [2.24, 2.45) is 17.8 Å². The third-order valence-electron chi connectivity index (χ3n) is 6.50. The van der Waals surface area contributed by atoms with Gasteiger partial charge in [-0.1, -0.05) is 27.7 Å². The zero-order valence-corrected chi connectivity index (χ0v) is 18.5. The summed E-state index contributed by atoms with van der Waals surface area (Å²) in [4.78, 5) is 30.2. The van der Waals surface area contributed by atoms with Gasteiger partial charge in [0, 0.05) is 38.6 Å². The molecule has 2 rings (SSSR count). The van der Waals surface area contributed by atoms with Gasteiger partial charge in [0.05, 0.1) is 0 Å². The smallest absolute Gasteiger partial charge is 0.242 e. The highest BCUT2D eigenvalue weighted by Crippen LogP contribution is 2.28. The van der Waals surface area contributed by atoms with Crippen molar-refractivity contribution in [3.63, 3.8) is 0 Å². The number of nitrogens with zero attached hydrogens (tertiary/aromatic N) is 2. The molecule has 2 aliphatic rings. The number of likely N-dealkylation sites (N-methyl/N-ethyl adjacent to an activating group) is 1. The maximum absolute atomic E-state index is 12.6. The van der Waals surface area contributed by atoms with Crippen molar-refractivity contribution in [3.05, 3.63) is 0 Å². The van der Waals surface area contributed by atoms with Crippen LogP contribution < -0.4 is 10.6 Å². The van der Waals surface area contributed by atoms with Crippen LogP contribution in [-0.2, 0) is 9.59 Å². The molecular formula is C22H42N4O2. The first-order valence-corrected chi connectivity index (χ1v) is 11.4. The summed E-state index contributed by atoms with van der Waals surface area (Å²) in [7, 11) is 0. The average molecular weight is 395 g/mol. The summed E-state index contributed by atoms with van der Waals surface area (Å²) in [6.07, 6.45) is 5.08. The van der Waals surface area contributed by atoms with Crippen LogP contribution in [0.15, 0.2) is 0 Å². The van der Waals surface area contributed by atoms with Crippen LogP contribution >= 0.6 is 0 Å². The van der Waals surface area contributed by atoms with Gasteiger partial charge in [0.15, 0.2) is 0 Å². The maximum Gasteiger partial charge on any atom is 0.242 e. The molecule has 0 aromatic heterocycles. The summed E-state index contributed by atoms with van der Waals surface area (Å²) in [5.41, 5.74) is 0.